The van der Waals surface area contributed by atoms with Crippen LogP contribution in [-0.4, -0.2) is 67.7 Å². The van der Waals surface area contributed by atoms with E-state index in [4.69, 9.17) is 23.2 Å². The van der Waals surface area contributed by atoms with Crippen molar-refractivity contribution in [3.63, 3.8) is 0 Å². The molecule has 1 saturated heterocycles. The lowest BCUT2D eigenvalue weighted by Crippen LogP contribution is -2.51. The molecule has 6 nitrogen and oxygen atoms in total. The van der Waals surface area contributed by atoms with Crippen molar-refractivity contribution in [2.24, 2.45) is 0 Å². The van der Waals surface area contributed by atoms with Gasteiger partial charge in [-0.25, -0.2) is 12.8 Å². The molecule has 196 valence electrons. The van der Waals surface area contributed by atoms with Gasteiger partial charge in [-0.2, -0.15) is 4.31 Å². The van der Waals surface area contributed by atoms with Crippen LogP contribution in [0.25, 0.3) is 0 Å². The topological polar surface area (TPSA) is 60.9 Å². The SMILES string of the molecule is O=C(CCN1CCc2sccc2[C@@H]1c1cccc(F)c1)N1CCN(S(=O)(=O)c2cc(Cl)ccc2Cl)CC1. The van der Waals surface area contributed by atoms with E-state index in [1.165, 1.54) is 32.9 Å². The van der Waals surface area contributed by atoms with Crippen molar-refractivity contribution in [1.82, 2.24) is 14.1 Å². The number of thiophene rings is 1. The molecule has 0 radical (unpaired) electrons. The Labute approximate surface area is 230 Å². The van der Waals surface area contributed by atoms with Gasteiger partial charge in [-0.15, -0.1) is 11.3 Å². The summed E-state index contributed by atoms with van der Waals surface area (Å²) in [6.45, 7) is 2.30. The summed E-state index contributed by atoms with van der Waals surface area (Å²) in [6.07, 6.45) is 1.20. The Morgan fingerprint density at radius 3 is 2.57 bits per heavy atom. The lowest BCUT2D eigenvalue weighted by Gasteiger charge is -2.37. The summed E-state index contributed by atoms with van der Waals surface area (Å²) in [7, 11) is -3.82. The van der Waals surface area contributed by atoms with Gasteiger partial charge in [-0.3, -0.25) is 9.69 Å². The number of benzene rings is 2. The van der Waals surface area contributed by atoms with Gasteiger partial charge in [-0.1, -0.05) is 35.3 Å². The maximum atomic E-state index is 14.0. The standard InChI is InChI=1S/C26H26Cl2FN3O3S2/c27-19-4-5-22(28)24(17-19)37(34,35)32-13-11-30(12-14-32)25(33)7-10-31-9-6-23-21(8-15-36-23)26(31)18-2-1-3-20(29)16-18/h1-5,8,15-17,26H,6-7,9-14H2/t26-/m0/s1. The van der Waals surface area contributed by atoms with Crippen molar-refractivity contribution in [2.75, 3.05) is 39.3 Å². The first-order valence-electron chi connectivity index (χ1n) is 12.0. The Morgan fingerprint density at radius 1 is 1.03 bits per heavy atom. The Balaban J connectivity index is 1.22. The molecule has 5 rings (SSSR count). The minimum atomic E-state index is -3.82. The highest BCUT2D eigenvalue weighted by Gasteiger charge is 2.33. The van der Waals surface area contributed by atoms with E-state index in [0.717, 1.165) is 18.5 Å². The van der Waals surface area contributed by atoms with Crippen LogP contribution in [0.3, 0.4) is 0 Å². The Kier molecular flexibility index (Phi) is 7.91. The van der Waals surface area contributed by atoms with Crippen molar-refractivity contribution in [2.45, 2.75) is 23.8 Å². The molecule has 11 heteroatoms. The molecule has 0 unspecified atom stereocenters. The van der Waals surface area contributed by atoms with Crippen LogP contribution in [0, 0.1) is 5.82 Å². The average Bonchev–Trinajstić information content (AvgIpc) is 3.37. The van der Waals surface area contributed by atoms with E-state index in [1.54, 1.807) is 34.4 Å². The number of amides is 1. The minimum absolute atomic E-state index is 0.0213. The predicted molar refractivity (Wildman–Crippen MR) is 144 cm³/mol. The van der Waals surface area contributed by atoms with Gasteiger partial charge in [0.2, 0.25) is 15.9 Å². The van der Waals surface area contributed by atoms with Crippen molar-refractivity contribution in [3.8, 4) is 0 Å². The maximum Gasteiger partial charge on any atom is 0.244 e. The van der Waals surface area contributed by atoms with E-state index >= 15 is 0 Å². The molecular formula is C26H26Cl2FN3O3S2. The van der Waals surface area contributed by atoms with E-state index in [9.17, 15) is 17.6 Å². The zero-order valence-electron chi connectivity index (χ0n) is 19.9. The Bertz CT molecular complexity index is 1410. The second kappa shape index (κ2) is 11.0. The summed E-state index contributed by atoms with van der Waals surface area (Å²) >= 11 is 13.8. The van der Waals surface area contributed by atoms with Gasteiger partial charge >= 0.3 is 0 Å². The minimum Gasteiger partial charge on any atom is -0.340 e. The zero-order valence-corrected chi connectivity index (χ0v) is 23.1. The van der Waals surface area contributed by atoms with Crippen LogP contribution < -0.4 is 0 Å². The number of rotatable bonds is 6. The van der Waals surface area contributed by atoms with Crippen LogP contribution >= 0.6 is 34.5 Å². The number of hydrogen-bond donors (Lipinski definition) is 0. The molecule has 2 aromatic carbocycles. The van der Waals surface area contributed by atoms with Gasteiger partial charge in [0.1, 0.15) is 10.7 Å². The first-order valence-corrected chi connectivity index (χ1v) is 15.1. The van der Waals surface area contributed by atoms with Gasteiger partial charge in [0.05, 0.1) is 11.1 Å². The molecule has 37 heavy (non-hydrogen) atoms. The largest absolute Gasteiger partial charge is 0.340 e. The molecule has 0 spiro atoms. The third-order valence-electron chi connectivity index (χ3n) is 6.95. The molecule has 1 amide bonds. The second-order valence-corrected chi connectivity index (χ2v) is 12.9. The van der Waals surface area contributed by atoms with Crippen LogP contribution in [0.15, 0.2) is 58.8 Å². The number of fused-ring (bicyclic) bond motifs is 1. The third kappa shape index (κ3) is 5.57. The normalized spacial score (nSPS) is 19.1. The molecule has 0 bridgehead atoms. The van der Waals surface area contributed by atoms with E-state index < -0.39 is 10.0 Å². The summed E-state index contributed by atoms with van der Waals surface area (Å²) in [5, 5.41) is 2.47. The number of piperazine rings is 1. The highest BCUT2D eigenvalue weighted by atomic mass is 35.5. The maximum absolute atomic E-state index is 14.0. The van der Waals surface area contributed by atoms with Gasteiger partial charge in [0.15, 0.2) is 0 Å². The van der Waals surface area contributed by atoms with Gasteiger partial charge in [0.25, 0.3) is 0 Å². The van der Waals surface area contributed by atoms with Crippen LogP contribution in [-0.2, 0) is 21.2 Å². The molecule has 1 aromatic heterocycles. The van der Waals surface area contributed by atoms with Crippen molar-refractivity contribution in [3.05, 3.63) is 85.8 Å². The lowest BCUT2D eigenvalue weighted by atomic mass is 9.93. The Hall–Kier alpha value is -2.01. The molecule has 0 aliphatic carbocycles. The highest BCUT2D eigenvalue weighted by Crippen LogP contribution is 2.38. The summed E-state index contributed by atoms with van der Waals surface area (Å²) < 4.78 is 41.6. The van der Waals surface area contributed by atoms with Gasteiger partial charge in [0, 0.05) is 55.6 Å². The number of nitrogens with zero attached hydrogens (tertiary/aromatic N) is 3. The summed E-state index contributed by atoms with van der Waals surface area (Å²) in [6, 6.07) is 13.0. The van der Waals surface area contributed by atoms with Crippen molar-refractivity contribution < 1.29 is 17.6 Å². The lowest BCUT2D eigenvalue weighted by molar-refractivity contribution is -0.132. The van der Waals surface area contributed by atoms with Crippen LogP contribution in [0.1, 0.15) is 28.5 Å². The molecular weight excluding hydrogens is 556 g/mol. The predicted octanol–water partition coefficient (Wildman–Crippen LogP) is 5.06. The van der Waals surface area contributed by atoms with E-state index in [0.29, 0.717) is 31.1 Å². The molecule has 3 heterocycles. The summed E-state index contributed by atoms with van der Waals surface area (Å²) in [4.78, 5) is 18.3. The monoisotopic (exact) mass is 581 g/mol. The molecule has 2 aliphatic rings. The fraction of sp³-hybridized carbons (Fsp3) is 0.346. The number of carbonyl (C=O) groups is 1. The van der Waals surface area contributed by atoms with Gasteiger partial charge in [-0.05, 0) is 59.3 Å². The zero-order chi connectivity index (χ0) is 26.2. The molecule has 2 aliphatic heterocycles. The van der Waals surface area contributed by atoms with Crippen molar-refractivity contribution >= 4 is 50.5 Å². The van der Waals surface area contributed by atoms with E-state index in [2.05, 4.69) is 16.3 Å². The highest BCUT2D eigenvalue weighted by molar-refractivity contribution is 7.89. The summed E-state index contributed by atoms with van der Waals surface area (Å²) in [5.41, 5.74) is 2.05. The first kappa shape index (κ1) is 26.6. The molecule has 0 N–H and O–H groups in total. The van der Waals surface area contributed by atoms with Crippen LogP contribution in [0.2, 0.25) is 10.0 Å². The number of hydrogen-bond acceptors (Lipinski definition) is 5. The number of sulfonamides is 1. The smallest absolute Gasteiger partial charge is 0.244 e. The van der Waals surface area contributed by atoms with E-state index in [-0.39, 0.29) is 40.8 Å². The summed E-state index contributed by atoms with van der Waals surface area (Å²) in [5.74, 6) is -0.297. The first-order chi connectivity index (χ1) is 17.7. The molecule has 3 aromatic rings. The third-order valence-corrected chi connectivity index (χ3v) is 10.6. The quantitative estimate of drug-likeness (QED) is 0.408. The van der Waals surface area contributed by atoms with E-state index in [1.807, 2.05) is 6.07 Å². The fourth-order valence-electron chi connectivity index (χ4n) is 5.07. The van der Waals surface area contributed by atoms with Gasteiger partial charge < -0.3 is 4.90 Å². The average molecular weight is 583 g/mol. The number of halogens is 3. The molecule has 1 fully saturated rings. The van der Waals surface area contributed by atoms with Crippen LogP contribution in [0.4, 0.5) is 4.39 Å². The molecule has 1 atom stereocenters. The van der Waals surface area contributed by atoms with Crippen LogP contribution in [0.5, 0.6) is 0 Å². The fourth-order valence-corrected chi connectivity index (χ4v) is 8.13. The van der Waals surface area contributed by atoms with Crippen molar-refractivity contribution in [1.29, 1.82) is 0 Å². The Morgan fingerprint density at radius 2 is 1.81 bits per heavy atom. The second-order valence-electron chi connectivity index (χ2n) is 9.15. The number of carbonyl (C=O) groups excluding carboxylic acids is 1. The molecule has 0 saturated carbocycles.